The van der Waals surface area contributed by atoms with Crippen LogP contribution in [0.15, 0.2) is 30.6 Å². The summed E-state index contributed by atoms with van der Waals surface area (Å²) in [7, 11) is 0. The van der Waals surface area contributed by atoms with Crippen LogP contribution in [-0.2, 0) is 19.7 Å². The summed E-state index contributed by atoms with van der Waals surface area (Å²) in [5.74, 6) is 1.51. The smallest absolute Gasteiger partial charge is 0.410 e. The Bertz CT molecular complexity index is 2000. The molecule has 6 aliphatic rings. The van der Waals surface area contributed by atoms with E-state index in [1.54, 1.807) is 4.90 Å². The van der Waals surface area contributed by atoms with Gasteiger partial charge in [0, 0.05) is 68.0 Å². The Morgan fingerprint density at radius 3 is 2.30 bits per heavy atom. The Hall–Kier alpha value is -4.19. The largest absolute Gasteiger partial charge is 0.444 e. The molecular formula is C45H62N8O4. The molecule has 2 aromatic heterocycles. The summed E-state index contributed by atoms with van der Waals surface area (Å²) in [4.78, 5) is 60.0. The molecular weight excluding hydrogens is 717 g/mol. The molecule has 12 heteroatoms. The van der Waals surface area contributed by atoms with Crippen LogP contribution in [0.4, 0.5) is 16.3 Å². The number of hydrogen-bond donors (Lipinski definition) is 1. The fourth-order valence-electron chi connectivity index (χ4n) is 10.2. The average molecular weight is 779 g/mol. The first-order chi connectivity index (χ1) is 27.4. The van der Waals surface area contributed by atoms with E-state index in [1.165, 1.54) is 32.4 Å². The second-order valence-corrected chi connectivity index (χ2v) is 19.2. The Balaban J connectivity index is 0.947. The van der Waals surface area contributed by atoms with Crippen LogP contribution in [0.1, 0.15) is 123 Å². The molecule has 57 heavy (non-hydrogen) atoms. The lowest BCUT2D eigenvalue weighted by Gasteiger charge is -2.48. The van der Waals surface area contributed by atoms with Crippen molar-refractivity contribution in [1.29, 1.82) is 0 Å². The minimum absolute atomic E-state index is 0.166. The summed E-state index contributed by atoms with van der Waals surface area (Å²) in [6.45, 7) is 14.7. The highest BCUT2D eigenvalue weighted by atomic mass is 16.6. The predicted molar refractivity (Wildman–Crippen MR) is 222 cm³/mol. The third kappa shape index (κ3) is 7.40. The van der Waals surface area contributed by atoms with Crippen molar-refractivity contribution in [3.05, 3.63) is 36.2 Å². The number of rotatable bonds is 8. The molecule has 3 aromatic rings. The first-order valence-corrected chi connectivity index (χ1v) is 22.0. The van der Waals surface area contributed by atoms with Crippen molar-refractivity contribution in [2.75, 3.05) is 49.5 Å². The van der Waals surface area contributed by atoms with Gasteiger partial charge in [0.2, 0.25) is 11.8 Å². The van der Waals surface area contributed by atoms with Gasteiger partial charge in [-0.1, -0.05) is 18.6 Å². The molecule has 6 heterocycles. The maximum atomic E-state index is 15.0. The number of pyridine rings is 1. The van der Waals surface area contributed by atoms with Crippen LogP contribution >= 0.6 is 0 Å². The van der Waals surface area contributed by atoms with E-state index in [-0.39, 0.29) is 35.9 Å². The van der Waals surface area contributed by atoms with Gasteiger partial charge in [0.25, 0.3) is 0 Å². The monoisotopic (exact) mass is 778 g/mol. The lowest BCUT2D eigenvalue weighted by atomic mass is 9.73. The summed E-state index contributed by atoms with van der Waals surface area (Å²) in [6.07, 6.45) is 13.2. The highest BCUT2D eigenvalue weighted by Gasteiger charge is 2.56. The number of hydrogen-bond acceptors (Lipinski definition) is 8. The molecule has 1 N–H and O–H groups in total. The molecule has 1 aromatic carbocycles. The van der Waals surface area contributed by atoms with Gasteiger partial charge in [-0.25, -0.2) is 14.8 Å². The summed E-state index contributed by atoms with van der Waals surface area (Å²) in [6, 6.07) is 10.1. The van der Waals surface area contributed by atoms with Crippen LogP contribution in [0.3, 0.4) is 0 Å². The van der Waals surface area contributed by atoms with Crippen molar-refractivity contribution in [3.63, 3.8) is 0 Å². The third-order valence-corrected chi connectivity index (χ3v) is 13.8. The zero-order valence-electron chi connectivity index (χ0n) is 34.8. The molecule has 3 saturated heterocycles. The summed E-state index contributed by atoms with van der Waals surface area (Å²) in [5, 5.41) is 3.70. The standard InChI is InChI=1S/C45H62N8O4/c1-29(2)52-28-46-37-27-36(48-41(40(37)52)47-32-10-11-32)31-9-12-35-38(24-31)53(34-25-33(26-34)49-17-7-6-8-18-49)42(55)45(35)15-21-50(22-16-45)39(54)23-30-13-19-51(20-14-30)43(56)57-44(3,4)5/h9,12,24,27-30,32-34H,6-8,10-11,13-23,25-26H2,1-5H3,(H,47,48)/t33-,34+. The molecule has 306 valence electrons. The van der Waals surface area contributed by atoms with Crippen molar-refractivity contribution in [3.8, 4) is 11.3 Å². The lowest BCUT2D eigenvalue weighted by molar-refractivity contribution is -0.137. The summed E-state index contributed by atoms with van der Waals surface area (Å²) < 4.78 is 7.78. The van der Waals surface area contributed by atoms with Crippen molar-refractivity contribution in [1.82, 2.24) is 29.2 Å². The van der Waals surface area contributed by atoms with Gasteiger partial charge in [-0.05, 0) is 136 Å². The molecule has 0 bridgehead atoms. The number of piperidine rings is 3. The Morgan fingerprint density at radius 1 is 0.912 bits per heavy atom. The van der Waals surface area contributed by atoms with Gasteiger partial charge in [-0.2, -0.15) is 0 Å². The van der Waals surface area contributed by atoms with Crippen LogP contribution in [0, 0.1) is 5.92 Å². The second kappa shape index (κ2) is 14.9. The van der Waals surface area contributed by atoms with Gasteiger partial charge in [-0.3, -0.25) is 9.59 Å². The number of carbonyl (C=O) groups excluding carboxylic acids is 3. The number of ether oxygens (including phenoxy) is 1. The number of carbonyl (C=O) groups is 3. The van der Waals surface area contributed by atoms with Crippen molar-refractivity contribution >= 4 is 40.4 Å². The van der Waals surface area contributed by atoms with E-state index in [1.807, 2.05) is 32.0 Å². The van der Waals surface area contributed by atoms with Crippen molar-refractivity contribution in [2.24, 2.45) is 5.92 Å². The van der Waals surface area contributed by atoms with Gasteiger partial charge in [-0.15, -0.1) is 0 Å². The minimum Gasteiger partial charge on any atom is -0.444 e. The predicted octanol–water partition coefficient (Wildman–Crippen LogP) is 7.51. The molecule has 9 rings (SSSR count). The van der Waals surface area contributed by atoms with Crippen LogP contribution in [0.2, 0.25) is 0 Å². The number of nitrogens with one attached hydrogen (secondary N) is 1. The quantitative estimate of drug-likeness (QED) is 0.250. The molecule has 0 atom stereocenters. The van der Waals surface area contributed by atoms with Gasteiger partial charge >= 0.3 is 6.09 Å². The fourth-order valence-corrected chi connectivity index (χ4v) is 10.2. The molecule has 5 fully saturated rings. The minimum atomic E-state index is -0.633. The first-order valence-electron chi connectivity index (χ1n) is 22.0. The Labute approximate surface area is 337 Å². The van der Waals surface area contributed by atoms with E-state index < -0.39 is 11.0 Å². The van der Waals surface area contributed by atoms with E-state index in [4.69, 9.17) is 14.7 Å². The van der Waals surface area contributed by atoms with Crippen LogP contribution in [-0.4, -0.2) is 110 Å². The highest BCUT2D eigenvalue weighted by molar-refractivity contribution is 6.09. The number of imidazole rings is 1. The number of anilines is 2. The number of amides is 3. The summed E-state index contributed by atoms with van der Waals surface area (Å²) >= 11 is 0. The Kier molecular flexibility index (Phi) is 10.0. The van der Waals surface area contributed by atoms with Crippen LogP contribution in [0.25, 0.3) is 22.3 Å². The molecule has 2 saturated carbocycles. The van der Waals surface area contributed by atoms with Crippen LogP contribution in [0.5, 0.6) is 0 Å². The zero-order valence-corrected chi connectivity index (χ0v) is 34.8. The van der Waals surface area contributed by atoms with Gasteiger partial charge < -0.3 is 34.2 Å². The fraction of sp³-hybridized carbons (Fsp3) is 0.667. The van der Waals surface area contributed by atoms with Gasteiger partial charge in [0.05, 0.1) is 23.0 Å². The number of fused-ring (bicyclic) bond motifs is 3. The van der Waals surface area contributed by atoms with Crippen LogP contribution < -0.4 is 10.2 Å². The third-order valence-electron chi connectivity index (χ3n) is 13.8. The van der Waals surface area contributed by atoms with E-state index in [2.05, 4.69) is 57.8 Å². The van der Waals surface area contributed by atoms with Gasteiger partial charge in [0.1, 0.15) is 11.1 Å². The zero-order chi connectivity index (χ0) is 39.6. The second-order valence-electron chi connectivity index (χ2n) is 19.2. The maximum absolute atomic E-state index is 15.0. The highest BCUT2D eigenvalue weighted by Crippen LogP contribution is 2.52. The number of aromatic nitrogens is 3. The number of likely N-dealkylation sites (tertiary alicyclic amines) is 3. The van der Waals surface area contributed by atoms with Gasteiger partial charge in [0.15, 0.2) is 5.82 Å². The normalized spacial score (nSPS) is 24.3. The maximum Gasteiger partial charge on any atom is 0.410 e. The molecule has 1 spiro atoms. The number of benzene rings is 1. The topological polar surface area (TPSA) is 116 Å². The molecule has 2 aliphatic carbocycles. The molecule has 4 aliphatic heterocycles. The first kappa shape index (κ1) is 38.3. The molecule has 3 amide bonds. The summed E-state index contributed by atoms with van der Waals surface area (Å²) in [5.41, 5.74) is 4.83. The SMILES string of the molecule is CC(C)n1cnc2cc(-c3ccc4c(c3)N([C@H]3C[C@@H](N5CCCCC5)C3)C(=O)C43CCN(C(=O)CC4CCN(C(=O)OC(C)(C)C)CC4)CC3)nc(NC3CC3)c21. The lowest BCUT2D eigenvalue weighted by Crippen LogP contribution is -2.58. The molecule has 0 radical (unpaired) electrons. The average Bonchev–Trinajstić information content (AvgIpc) is 3.83. The molecule has 12 nitrogen and oxygen atoms in total. The molecule has 0 unspecified atom stereocenters. The number of nitrogens with zero attached hydrogens (tertiary/aromatic N) is 7. The van der Waals surface area contributed by atoms with Crippen molar-refractivity contribution in [2.45, 2.75) is 147 Å². The van der Waals surface area contributed by atoms with E-state index in [0.29, 0.717) is 57.5 Å². The van der Waals surface area contributed by atoms with E-state index >= 15 is 4.79 Å². The van der Waals surface area contributed by atoms with Crippen molar-refractivity contribution < 1.29 is 19.1 Å². The Morgan fingerprint density at radius 2 is 1.63 bits per heavy atom. The van der Waals surface area contributed by atoms with E-state index in [9.17, 15) is 9.59 Å². The van der Waals surface area contributed by atoms with E-state index in [0.717, 1.165) is 77.9 Å².